The van der Waals surface area contributed by atoms with Crippen molar-refractivity contribution in [1.29, 1.82) is 0 Å². The fraction of sp³-hybridized carbons (Fsp3) is 0.462. The molecule has 1 aromatic carbocycles. The van der Waals surface area contributed by atoms with Crippen LogP contribution >= 0.6 is 0 Å². The van der Waals surface area contributed by atoms with Crippen LogP contribution in [0.4, 0.5) is 11.4 Å². The van der Waals surface area contributed by atoms with Crippen LogP contribution < -0.4 is 14.4 Å². The summed E-state index contributed by atoms with van der Waals surface area (Å²) >= 11 is 0. The van der Waals surface area contributed by atoms with Gasteiger partial charge >= 0.3 is 5.97 Å². The van der Waals surface area contributed by atoms with Crippen molar-refractivity contribution < 1.29 is 24.3 Å². The molecule has 0 bridgehead atoms. The number of hydrogen-bond donors (Lipinski definition) is 1. The number of nitro groups is 1. The topological polar surface area (TPSA) is 102 Å². The molecule has 0 aromatic heterocycles. The van der Waals surface area contributed by atoms with Gasteiger partial charge in [0.1, 0.15) is 18.9 Å². The molecule has 0 saturated heterocycles. The highest BCUT2D eigenvalue weighted by Crippen LogP contribution is 2.41. The average Bonchev–Trinajstić information content (AvgIpc) is 2.46. The normalized spacial score (nSPS) is 12.8. The van der Waals surface area contributed by atoms with E-state index in [0.717, 1.165) is 0 Å². The van der Waals surface area contributed by atoms with Gasteiger partial charge in [0.2, 0.25) is 0 Å². The van der Waals surface area contributed by atoms with Crippen molar-refractivity contribution in [3.05, 3.63) is 22.2 Å². The molecule has 1 aliphatic heterocycles. The number of nitro benzene ring substituents is 1. The Morgan fingerprint density at radius 1 is 1.38 bits per heavy atom. The molecule has 1 aromatic rings. The summed E-state index contributed by atoms with van der Waals surface area (Å²) in [4.78, 5) is 23.1. The van der Waals surface area contributed by atoms with Gasteiger partial charge in [-0.2, -0.15) is 0 Å². The first-order valence-electron chi connectivity index (χ1n) is 6.57. The van der Waals surface area contributed by atoms with E-state index in [-0.39, 0.29) is 18.7 Å². The smallest absolute Gasteiger partial charge is 0.305 e. The summed E-state index contributed by atoms with van der Waals surface area (Å²) in [6.07, 6.45) is -0.0978. The lowest BCUT2D eigenvalue weighted by Gasteiger charge is -2.25. The Balaban J connectivity index is 2.39. The molecule has 1 N–H and O–H groups in total. The van der Waals surface area contributed by atoms with E-state index >= 15 is 0 Å². The fourth-order valence-corrected chi connectivity index (χ4v) is 2.15. The molecule has 0 unspecified atom stereocenters. The van der Waals surface area contributed by atoms with Crippen molar-refractivity contribution in [2.24, 2.45) is 0 Å². The molecular weight excluding hydrogens is 280 g/mol. The minimum Gasteiger partial charge on any atom is -0.486 e. The molecule has 0 saturated carbocycles. The summed E-state index contributed by atoms with van der Waals surface area (Å²) in [7, 11) is 0. The van der Waals surface area contributed by atoms with E-state index in [9.17, 15) is 14.9 Å². The van der Waals surface area contributed by atoms with E-state index in [1.54, 1.807) is 4.90 Å². The lowest BCUT2D eigenvalue weighted by atomic mass is 10.2. The Kier molecular flexibility index (Phi) is 4.46. The van der Waals surface area contributed by atoms with Crippen LogP contribution in [0.1, 0.15) is 13.3 Å². The molecule has 0 radical (unpaired) electrons. The number of fused-ring (bicyclic) bond motifs is 1. The van der Waals surface area contributed by atoms with Gasteiger partial charge in [0, 0.05) is 19.2 Å². The SMILES string of the molecule is CCN(CCC(=O)O)c1cc2c(cc1[N+](=O)[O-])OCCO2. The number of benzene rings is 1. The summed E-state index contributed by atoms with van der Waals surface area (Å²) in [6, 6.07) is 2.87. The number of nitrogens with zero attached hydrogens (tertiary/aromatic N) is 2. The maximum atomic E-state index is 11.2. The third-order valence-electron chi connectivity index (χ3n) is 3.15. The molecule has 0 spiro atoms. The van der Waals surface area contributed by atoms with Crippen LogP contribution in [0.25, 0.3) is 0 Å². The number of rotatable bonds is 6. The van der Waals surface area contributed by atoms with Crippen molar-refractivity contribution in [1.82, 2.24) is 0 Å². The van der Waals surface area contributed by atoms with Gasteiger partial charge in [0.25, 0.3) is 5.69 Å². The van der Waals surface area contributed by atoms with Gasteiger partial charge in [-0.15, -0.1) is 0 Å². The van der Waals surface area contributed by atoms with Crippen LogP contribution in [0.15, 0.2) is 12.1 Å². The van der Waals surface area contributed by atoms with Crippen molar-refractivity contribution in [3.8, 4) is 11.5 Å². The molecular formula is C13H16N2O6. The monoisotopic (exact) mass is 296 g/mol. The number of carboxylic acids is 1. The Labute approximate surface area is 121 Å². The van der Waals surface area contributed by atoms with Gasteiger partial charge in [-0.1, -0.05) is 0 Å². The zero-order valence-corrected chi connectivity index (χ0v) is 11.6. The second-order valence-corrected chi connectivity index (χ2v) is 4.47. The van der Waals surface area contributed by atoms with Crippen LogP contribution in [0.3, 0.4) is 0 Å². The lowest BCUT2D eigenvalue weighted by molar-refractivity contribution is -0.384. The zero-order chi connectivity index (χ0) is 15.4. The number of carboxylic acid groups (broad SMARTS) is 1. The molecule has 0 amide bonds. The number of anilines is 1. The van der Waals surface area contributed by atoms with Crippen LogP contribution in [0.2, 0.25) is 0 Å². The third kappa shape index (κ3) is 3.33. The maximum Gasteiger partial charge on any atom is 0.305 e. The lowest BCUT2D eigenvalue weighted by Crippen LogP contribution is -2.27. The predicted octanol–water partition coefficient (Wildman–Crippen LogP) is 1.67. The number of aliphatic carboxylic acids is 1. The molecule has 0 fully saturated rings. The minimum absolute atomic E-state index is 0.0978. The summed E-state index contributed by atoms with van der Waals surface area (Å²) < 4.78 is 10.8. The quantitative estimate of drug-likeness (QED) is 0.629. The Bertz CT molecular complexity index is 560. The molecule has 1 aliphatic rings. The summed E-state index contributed by atoms with van der Waals surface area (Å²) in [5, 5.41) is 20.0. The first-order chi connectivity index (χ1) is 10.0. The molecule has 8 nitrogen and oxygen atoms in total. The molecule has 1 heterocycles. The molecule has 114 valence electrons. The van der Waals surface area contributed by atoms with Crippen LogP contribution in [-0.4, -0.2) is 42.3 Å². The Morgan fingerprint density at radius 2 is 2.00 bits per heavy atom. The molecule has 21 heavy (non-hydrogen) atoms. The van der Waals surface area contributed by atoms with Gasteiger partial charge in [0.05, 0.1) is 17.4 Å². The van der Waals surface area contributed by atoms with Gasteiger partial charge < -0.3 is 19.5 Å². The average molecular weight is 296 g/mol. The van der Waals surface area contributed by atoms with Gasteiger partial charge in [0.15, 0.2) is 11.5 Å². The van der Waals surface area contributed by atoms with Crippen LogP contribution in [0, 0.1) is 10.1 Å². The van der Waals surface area contributed by atoms with Gasteiger partial charge in [-0.25, -0.2) is 0 Å². The summed E-state index contributed by atoms with van der Waals surface area (Å²) in [5.74, 6) is -0.171. The molecule has 0 atom stereocenters. The van der Waals surface area contributed by atoms with E-state index in [2.05, 4.69) is 0 Å². The number of carbonyl (C=O) groups is 1. The first kappa shape index (κ1) is 14.9. The standard InChI is InChI=1S/C13H16N2O6/c1-2-14(4-3-13(16)17)9-7-11-12(21-6-5-20-11)8-10(9)15(18)19/h7-8H,2-6H2,1H3,(H,16,17). The Morgan fingerprint density at radius 3 is 2.52 bits per heavy atom. The highest BCUT2D eigenvalue weighted by atomic mass is 16.6. The third-order valence-corrected chi connectivity index (χ3v) is 3.15. The first-order valence-corrected chi connectivity index (χ1v) is 6.57. The molecule has 0 aliphatic carbocycles. The predicted molar refractivity (Wildman–Crippen MR) is 74.2 cm³/mol. The van der Waals surface area contributed by atoms with E-state index < -0.39 is 10.9 Å². The van der Waals surface area contributed by atoms with Crippen molar-refractivity contribution >= 4 is 17.3 Å². The second kappa shape index (κ2) is 6.29. The van der Waals surface area contributed by atoms with E-state index in [0.29, 0.717) is 36.9 Å². The van der Waals surface area contributed by atoms with E-state index in [1.165, 1.54) is 12.1 Å². The van der Waals surface area contributed by atoms with E-state index in [4.69, 9.17) is 14.6 Å². The summed E-state index contributed by atoms with van der Waals surface area (Å²) in [5.41, 5.74) is 0.222. The van der Waals surface area contributed by atoms with E-state index in [1.807, 2.05) is 6.92 Å². The van der Waals surface area contributed by atoms with Crippen LogP contribution in [-0.2, 0) is 4.79 Å². The van der Waals surface area contributed by atoms with Gasteiger partial charge in [-0.05, 0) is 6.92 Å². The fourth-order valence-electron chi connectivity index (χ4n) is 2.15. The van der Waals surface area contributed by atoms with Crippen LogP contribution in [0.5, 0.6) is 11.5 Å². The molecule has 8 heteroatoms. The second-order valence-electron chi connectivity index (χ2n) is 4.47. The zero-order valence-electron chi connectivity index (χ0n) is 11.6. The summed E-state index contributed by atoms with van der Waals surface area (Å²) in [6.45, 7) is 3.17. The van der Waals surface area contributed by atoms with Crippen molar-refractivity contribution in [2.75, 3.05) is 31.2 Å². The molecule has 2 rings (SSSR count). The number of hydrogen-bond acceptors (Lipinski definition) is 6. The highest BCUT2D eigenvalue weighted by molar-refractivity contribution is 5.72. The van der Waals surface area contributed by atoms with Crippen molar-refractivity contribution in [2.45, 2.75) is 13.3 Å². The van der Waals surface area contributed by atoms with Gasteiger partial charge in [-0.3, -0.25) is 14.9 Å². The minimum atomic E-state index is -0.950. The highest BCUT2D eigenvalue weighted by Gasteiger charge is 2.25. The maximum absolute atomic E-state index is 11.2. The van der Waals surface area contributed by atoms with Crippen molar-refractivity contribution in [3.63, 3.8) is 0 Å². The Hall–Kier alpha value is -2.51. The largest absolute Gasteiger partial charge is 0.486 e. The number of ether oxygens (including phenoxy) is 2.